The van der Waals surface area contributed by atoms with Gasteiger partial charge in [0.15, 0.2) is 5.82 Å². The predicted molar refractivity (Wildman–Crippen MR) is 121 cm³/mol. The lowest BCUT2D eigenvalue weighted by atomic mass is 9.78. The van der Waals surface area contributed by atoms with Crippen LogP contribution in [-0.2, 0) is 4.74 Å². The summed E-state index contributed by atoms with van der Waals surface area (Å²) in [5.74, 6) is 1.45. The lowest BCUT2D eigenvalue weighted by molar-refractivity contribution is 0.0208. The number of aromatic amines is 1. The summed E-state index contributed by atoms with van der Waals surface area (Å²) in [7, 11) is 0. The number of carbonyl (C=O) groups excluding carboxylic acids is 1. The standard InChI is InChI=1S/C25H22FN5O2/c26-18-4-1-2-5-21(18)31-15-25(33-24(31)32)10-8-16(9-11-25)23-29-19-7-6-17(14-20(19)30-23)22-27-12-3-13-28-22/h1-7,12-14,16H,8-11,15H2,(H,29,30)/t16-,25-. The van der Waals surface area contributed by atoms with Gasteiger partial charge in [-0.2, -0.15) is 0 Å². The van der Waals surface area contributed by atoms with Gasteiger partial charge >= 0.3 is 6.09 Å². The molecule has 4 aromatic rings. The number of fused-ring (bicyclic) bond motifs is 1. The van der Waals surface area contributed by atoms with Crippen LogP contribution in [0.5, 0.6) is 0 Å². The highest BCUT2D eigenvalue weighted by molar-refractivity contribution is 5.90. The highest BCUT2D eigenvalue weighted by atomic mass is 19.1. The molecule has 1 spiro atoms. The number of H-pyrrole nitrogens is 1. The molecule has 1 N–H and O–H groups in total. The molecule has 3 heterocycles. The molecular weight excluding hydrogens is 421 g/mol. The maximum atomic E-state index is 14.2. The Bertz CT molecular complexity index is 1330. The largest absolute Gasteiger partial charge is 0.441 e. The third-order valence-electron chi connectivity index (χ3n) is 6.72. The first-order valence-electron chi connectivity index (χ1n) is 11.1. The zero-order valence-electron chi connectivity index (χ0n) is 17.9. The summed E-state index contributed by atoms with van der Waals surface area (Å²) in [5, 5.41) is 0. The minimum absolute atomic E-state index is 0.251. The number of rotatable bonds is 3. The number of para-hydroxylation sites is 1. The van der Waals surface area contributed by atoms with E-state index in [1.54, 1.807) is 36.7 Å². The second-order valence-corrected chi connectivity index (χ2v) is 8.79. The maximum absolute atomic E-state index is 14.2. The molecule has 33 heavy (non-hydrogen) atoms. The molecule has 2 fully saturated rings. The third-order valence-corrected chi connectivity index (χ3v) is 6.72. The Hall–Kier alpha value is -3.81. The number of ether oxygens (including phenoxy) is 1. The molecule has 7 nitrogen and oxygen atoms in total. The van der Waals surface area contributed by atoms with Crippen LogP contribution in [0.1, 0.15) is 37.4 Å². The summed E-state index contributed by atoms with van der Waals surface area (Å²) in [5.41, 5.74) is 2.49. The van der Waals surface area contributed by atoms with Gasteiger partial charge in [0.2, 0.25) is 0 Å². The molecular formula is C25H22FN5O2. The van der Waals surface area contributed by atoms with Crippen LogP contribution in [0.15, 0.2) is 60.9 Å². The second-order valence-electron chi connectivity index (χ2n) is 8.79. The van der Waals surface area contributed by atoms with Crippen molar-refractivity contribution >= 4 is 22.8 Å². The number of aromatic nitrogens is 4. The van der Waals surface area contributed by atoms with Crippen LogP contribution >= 0.6 is 0 Å². The van der Waals surface area contributed by atoms with Gasteiger partial charge in [-0.3, -0.25) is 4.90 Å². The number of anilines is 1. The van der Waals surface area contributed by atoms with Gasteiger partial charge in [0.25, 0.3) is 0 Å². The second kappa shape index (κ2) is 7.65. The van der Waals surface area contributed by atoms with Crippen molar-refractivity contribution in [1.29, 1.82) is 0 Å². The molecule has 1 amide bonds. The molecule has 0 radical (unpaired) electrons. The van der Waals surface area contributed by atoms with E-state index in [2.05, 4.69) is 15.0 Å². The van der Waals surface area contributed by atoms with Gasteiger partial charge in [-0.15, -0.1) is 0 Å². The van der Waals surface area contributed by atoms with Crippen LogP contribution in [0, 0.1) is 5.82 Å². The number of carbonyl (C=O) groups is 1. The van der Waals surface area contributed by atoms with E-state index in [1.165, 1.54) is 11.0 Å². The molecule has 1 aliphatic heterocycles. The Morgan fingerprint density at radius 1 is 1.06 bits per heavy atom. The van der Waals surface area contributed by atoms with E-state index in [4.69, 9.17) is 9.72 Å². The SMILES string of the molecule is O=C1O[C@]2(CC[C@H](c3nc4cc(-c5ncccn5)ccc4[nH]3)CC2)CN1c1ccccc1F. The van der Waals surface area contributed by atoms with Crippen molar-refractivity contribution in [2.45, 2.75) is 37.2 Å². The Morgan fingerprint density at radius 3 is 2.64 bits per heavy atom. The molecule has 8 heteroatoms. The van der Waals surface area contributed by atoms with Crippen molar-refractivity contribution in [3.8, 4) is 11.4 Å². The molecule has 0 atom stereocenters. The molecule has 2 aliphatic rings. The summed E-state index contributed by atoms with van der Waals surface area (Å²) < 4.78 is 20.0. The molecule has 1 saturated heterocycles. The van der Waals surface area contributed by atoms with Gasteiger partial charge in [0.1, 0.15) is 17.2 Å². The Labute approximate surface area is 189 Å². The van der Waals surface area contributed by atoms with Crippen LogP contribution in [0.3, 0.4) is 0 Å². The van der Waals surface area contributed by atoms with Crippen molar-refractivity contribution in [2.75, 3.05) is 11.4 Å². The summed E-state index contributed by atoms with van der Waals surface area (Å²) >= 11 is 0. The molecule has 2 aromatic carbocycles. The fourth-order valence-corrected chi connectivity index (χ4v) is 4.96. The Morgan fingerprint density at radius 2 is 1.85 bits per heavy atom. The highest BCUT2D eigenvalue weighted by Crippen LogP contribution is 2.44. The monoisotopic (exact) mass is 443 g/mol. The molecule has 1 aliphatic carbocycles. The van der Waals surface area contributed by atoms with Crippen molar-refractivity contribution in [2.24, 2.45) is 0 Å². The van der Waals surface area contributed by atoms with Gasteiger partial charge < -0.3 is 9.72 Å². The van der Waals surface area contributed by atoms with Crippen molar-refractivity contribution in [3.05, 3.63) is 72.6 Å². The van der Waals surface area contributed by atoms with Crippen LogP contribution in [0.4, 0.5) is 14.9 Å². The van der Waals surface area contributed by atoms with E-state index in [0.717, 1.165) is 35.3 Å². The molecule has 6 rings (SSSR count). The quantitative estimate of drug-likeness (QED) is 0.470. The summed E-state index contributed by atoms with van der Waals surface area (Å²) in [6.07, 6.45) is 6.09. The average Bonchev–Trinajstić information content (AvgIpc) is 3.41. The first kappa shape index (κ1) is 19.8. The van der Waals surface area contributed by atoms with Gasteiger partial charge in [-0.25, -0.2) is 24.1 Å². The van der Waals surface area contributed by atoms with E-state index in [0.29, 0.717) is 25.2 Å². The normalized spacial score (nSPS) is 22.8. The summed E-state index contributed by atoms with van der Waals surface area (Å²) in [6, 6.07) is 14.1. The van der Waals surface area contributed by atoms with Gasteiger partial charge in [-0.05, 0) is 62.1 Å². The summed E-state index contributed by atoms with van der Waals surface area (Å²) in [4.78, 5) is 30.9. The lowest BCUT2D eigenvalue weighted by Crippen LogP contribution is -2.38. The average molecular weight is 443 g/mol. The fourth-order valence-electron chi connectivity index (χ4n) is 4.96. The van der Waals surface area contributed by atoms with Crippen molar-refractivity contribution < 1.29 is 13.9 Å². The third kappa shape index (κ3) is 3.51. The number of hydrogen-bond donors (Lipinski definition) is 1. The van der Waals surface area contributed by atoms with Gasteiger partial charge in [0, 0.05) is 23.9 Å². The highest BCUT2D eigenvalue weighted by Gasteiger charge is 2.48. The van der Waals surface area contributed by atoms with Crippen LogP contribution < -0.4 is 4.90 Å². The minimum atomic E-state index is -0.570. The van der Waals surface area contributed by atoms with Crippen molar-refractivity contribution in [3.63, 3.8) is 0 Å². The minimum Gasteiger partial charge on any atom is -0.441 e. The van der Waals surface area contributed by atoms with Gasteiger partial charge in [-0.1, -0.05) is 12.1 Å². The maximum Gasteiger partial charge on any atom is 0.415 e. The van der Waals surface area contributed by atoms with Crippen molar-refractivity contribution in [1.82, 2.24) is 19.9 Å². The number of benzene rings is 2. The van der Waals surface area contributed by atoms with Gasteiger partial charge in [0.05, 0.1) is 23.3 Å². The van der Waals surface area contributed by atoms with E-state index < -0.39 is 17.5 Å². The molecule has 1 saturated carbocycles. The molecule has 0 bridgehead atoms. The van der Waals surface area contributed by atoms with E-state index in [-0.39, 0.29) is 11.6 Å². The fraction of sp³-hybridized carbons (Fsp3) is 0.280. The smallest absolute Gasteiger partial charge is 0.415 e. The Kier molecular flexibility index (Phi) is 4.60. The number of amides is 1. The van der Waals surface area contributed by atoms with E-state index in [9.17, 15) is 9.18 Å². The number of hydrogen-bond acceptors (Lipinski definition) is 5. The number of imidazole rings is 1. The molecule has 166 valence electrons. The summed E-state index contributed by atoms with van der Waals surface area (Å²) in [6.45, 7) is 0.375. The first-order chi connectivity index (χ1) is 16.1. The Balaban J connectivity index is 1.19. The predicted octanol–water partition coefficient (Wildman–Crippen LogP) is 5.21. The molecule has 2 aromatic heterocycles. The van der Waals surface area contributed by atoms with E-state index in [1.807, 2.05) is 18.2 Å². The van der Waals surface area contributed by atoms with Crippen LogP contribution in [0.2, 0.25) is 0 Å². The zero-order chi connectivity index (χ0) is 22.4. The zero-order valence-corrected chi connectivity index (χ0v) is 17.9. The van der Waals surface area contributed by atoms with Crippen LogP contribution in [0.25, 0.3) is 22.4 Å². The first-order valence-corrected chi connectivity index (χ1v) is 11.1. The van der Waals surface area contributed by atoms with Crippen LogP contribution in [-0.4, -0.2) is 38.2 Å². The number of halogens is 1. The number of nitrogens with one attached hydrogen (secondary N) is 1. The number of nitrogens with zero attached hydrogens (tertiary/aromatic N) is 4. The lowest BCUT2D eigenvalue weighted by Gasteiger charge is -2.34. The topological polar surface area (TPSA) is 84.0 Å². The van der Waals surface area contributed by atoms with E-state index >= 15 is 0 Å². The molecule has 0 unspecified atom stereocenters.